The van der Waals surface area contributed by atoms with Crippen LogP contribution < -0.4 is 5.43 Å². The van der Waals surface area contributed by atoms with E-state index in [4.69, 9.17) is 4.52 Å². The predicted molar refractivity (Wildman–Crippen MR) is 68.2 cm³/mol. The molecule has 0 unspecified atom stereocenters. The second-order valence-electron chi connectivity index (χ2n) is 4.02. The van der Waals surface area contributed by atoms with Crippen molar-refractivity contribution in [1.82, 2.24) is 5.16 Å². The summed E-state index contributed by atoms with van der Waals surface area (Å²) in [5, 5.41) is 8.10. The molecule has 0 aliphatic rings. The van der Waals surface area contributed by atoms with Crippen LogP contribution in [0, 0.1) is 19.7 Å². The minimum absolute atomic E-state index is 0.271. The van der Waals surface area contributed by atoms with Crippen LogP contribution in [0.1, 0.15) is 23.9 Å². The molecule has 94 valence electrons. The number of hydrogen-bond acceptors (Lipinski definition) is 4. The summed E-state index contributed by atoms with van der Waals surface area (Å²) >= 11 is 0. The van der Waals surface area contributed by atoms with E-state index in [1.54, 1.807) is 12.1 Å². The zero-order valence-electron chi connectivity index (χ0n) is 10.5. The number of anilines is 1. The lowest BCUT2D eigenvalue weighted by Crippen LogP contribution is -2.02. The maximum atomic E-state index is 12.7. The number of hydrogen-bond donors (Lipinski definition) is 1. The summed E-state index contributed by atoms with van der Waals surface area (Å²) in [4.78, 5) is 0. The van der Waals surface area contributed by atoms with E-state index in [1.165, 1.54) is 12.1 Å². The van der Waals surface area contributed by atoms with E-state index in [0.29, 0.717) is 0 Å². The van der Waals surface area contributed by atoms with E-state index in [9.17, 15) is 4.39 Å². The molecule has 5 heteroatoms. The third-order valence-electron chi connectivity index (χ3n) is 2.59. The summed E-state index contributed by atoms with van der Waals surface area (Å²) in [7, 11) is 0. The van der Waals surface area contributed by atoms with Crippen molar-refractivity contribution in [3.8, 4) is 0 Å². The Hall–Kier alpha value is -2.17. The minimum atomic E-state index is -0.271. The Labute approximate surface area is 104 Å². The second kappa shape index (κ2) is 5.00. The number of halogens is 1. The van der Waals surface area contributed by atoms with Gasteiger partial charge in [-0.15, -0.1) is 0 Å². The van der Waals surface area contributed by atoms with E-state index < -0.39 is 0 Å². The molecule has 4 nitrogen and oxygen atoms in total. The summed E-state index contributed by atoms with van der Waals surface area (Å²) in [6, 6.07) is 6.01. The van der Waals surface area contributed by atoms with Crippen molar-refractivity contribution in [2.24, 2.45) is 5.10 Å². The fraction of sp³-hybridized carbons (Fsp3) is 0.231. The molecule has 1 aromatic carbocycles. The topological polar surface area (TPSA) is 50.4 Å². The second-order valence-corrected chi connectivity index (χ2v) is 4.02. The molecule has 1 heterocycles. The first-order valence-corrected chi connectivity index (χ1v) is 5.57. The van der Waals surface area contributed by atoms with Crippen molar-refractivity contribution in [2.45, 2.75) is 20.8 Å². The molecular formula is C13H14FN3O. The fourth-order valence-corrected chi connectivity index (χ4v) is 1.73. The van der Waals surface area contributed by atoms with Gasteiger partial charge in [0, 0.05) is 0 Å². The van der Waals surface area contributed by atoms with E-state index in [-0.39, 0.29) is 5.82 Å². The van der Waals surface area contributed by atoms with Crippen molar-refractivity contribution in [3.05, 3.63) is 47.1 Å². The van der Waals surface area contributed by atoms with Gasteiger partial charge in [0.15, 0.2) is 0 Å². The van der Waals surface area contributed by atoms with Crippen molar-refractivity contribution >= 4 is 11.4 Å². The standard InChI is InChI=1S/C13H14FN3O/c1-8(13-9(2)17-18-10(13)3)15-16-12-6-4-11(14)5-7-12/h4-7,16H,1-3H3/b15-8+. The summed E-state index contributed by atoms with van der Waals surface area (Å²) in [5.41, 5.74) is 6.06. The molecule has 0 radical (unpaired) electrons. The van der Waals surface area contributed by atoms with Gasteiger partial charge in [-0.05, 0) is 45.0 Å². The maximum absolute atomic E-state index is 12.7. The van der Waals surface area contributed by atoms with Crippen molar-refractivity contribution in [2.75, 3.05) is 5.43 Å². The van der Waals surface area contributed by atoms with Crippen molar-refractivity contribution in [3.63, 3.8) is 0 Å². The molecule has 0 atom stereocenters. The predicted octanol–water partition coefficient (Wildman–Crippen LogP) is 3.27. The highest BCUT2D eigenvalue weighted by Gasteiger charge is 2.11. The minimum Gasteiger partial charge on any atom is -0.361 e. The van der Waals surface area contributed by atoms with Gasteiger partial charge in [0.1, 0.15) is 11.6 Å². The van der Waals surface area contributed by atoms with Gasteiger partial charge in [-0.25, -0.2) is 4.39 Å². The molecule has 2 aromatic rings. The van der Waals surface area contributed by atoms with Crippen LogP contribution in [0.15, 0.2) is 33.9 Å². The lowest BCUT2D eigenvalue weighted by Gasteiger charge is -2.02. The Morgan fingerprint density at radius 2 is 1.94 bits per heavy atom. The first kappa shape index (κ1) is 12.3. The highest BCUT2D eigenvalue weighted by Crippen LogP contribution is 2.14. The Morgan fingerprint density at radius 3 is 2.50 bits per heavy atom. The first-order chi connectivity index (χ1) is 8.58. The average molecular weight is 247 g/mol. The van der Waals surface area contributed by atoms with Gasteiger partial charge in [0.2, 0.25) is 0 Å². The zero-order chi connectivity index (χ0) is 13.1. The van der Waals surface area contributed by atoms with Crippen LogP contribution in [0.25, 0.3) is 0 Å². The molecule has 0 aliphatic carbocycles. The van der Waals surface area contributed by atoms with Crippen LogP contribution >= 0.6 is 0 Å². The Kier molecular flexibility index (Phi) is 3.41. The molecule has 0 spiro atoms. The van der Waals surface area contributed by atoms with Crippen LogP contribution in [-0.2, 0) is 0 Å². The molecule has 0 aliphatic heterocycles. The molecule has 18 heavy (non-hydrogen) atoms. The lowest BCUT2D eigenvalue weighted by molar-refractivity contribution is 0.393. The summed E-state index contributed by atoms with van der Waals surface area (Å²) < 4.78 is 17.8. The third-order valence-corrected chi connectivity index (χ3v) is 2.59. The number of aryl methyl sites for hydroxylation is 2. The monoisotopic (exact) mass is 247 g/mol. The van der Waals surface area contributed by atoms with Gasteiger partial charge in [0.25, 0.3) is 0 Å². The zero-order valence-corrected chi connectivity index (χ0v) is 10.5. The summed E-state index contributed by atoms with van der Waals surface area (Å²) in [5.74, 6) is 0.460. The van der Waals surface area contributed by atoms with Gasteiger partial charge in [-0.1, -0.05) is 5.16 Å². The highest BCUT2D eigenvalue weighted by molar-refractivity contribution is 6.00. The van der Waals surface area contributed by atoms with Gasteiger partial charge < -0.3 is 4.52 Å². The fourth-order valence-electron chi connectivity index (χ4n) is 1.73. The number of hydrazone groups is 1. The van der Waals surface area contributed by atoms with Crippen LogP contribution in [0.5, 0.6) is 0 Å². The maximum Gasteiger partial charge on any atom is 0.143 e. The van der Waals surface area contributed by atoms with E-state index in [2.05, 4.69) is 15.7 Å². The van der Waals surface area contributed by atoms with E-state index >= 15 is 0 Å². The largest absolute Gasteiger partial charge is 0.361 e. The Morgan fingerprint density at radius 1 is 1.28 bits per heavy atom. The number of nitrogens with zero attached hydrogens (tertiary/aromatic N) is 2. The number of benzene rings is 1. The van der Waals surface area contributed by atoms with Gasteiger partial charge >= 0.3 is 0 Å². The molecule has 1 N–H and O–H groups in total. The van der Waals surface area contributed by atoms with Crippen LogP contribution in [0.3, 0.4) is 0 Å². The first-order valence-electron chi connectivity index (χ1n) is 5.57. The van der Waals surface area contributed by atoms with Crippen LogP contribution in [0.2, 0.25) is 0 Å². The number of aromatic nitrogens is 1. The Bertz CT molecular complexity index is 553. The normalized spacial score (nSPS) is 11.7. The van der Waals surface area contributed by atoms with Gasteiger partial charge in [-0.3, -0.25) is 5.43 Å². The van der Waals surface area contributed by atoms with Crippen molar-refractivity contribution < 1.29 is 8.91 Å². The SMILES string of the molecule is C/C(=N\Nc1ccc(F)cc1)c1c(C)noc1C. The molecule has 0 fully saturated rings. The number of nitrogens with one attached hydrogen (secondary N) is 1. The third kappa shape index (κ3) is 2.56. The van der Waals surface area contributed by atoms with Crippen LogP contribution in [-0.4, -0.2) is 10.9 Å². The number of rotatable bonds is 3. The lowest BCUT2D eigenvalue weighted by atomic mass is 10.1. The van der Waals surface area contributed by atoms with Crippen LogP contribution in [0.4, 0.5) is 10.1 Å². The summed E-state index contributed by atoms with van der Waals surface area (Å²) in [6.07, 6.45) is 0. The van der Waals surface area contributed by atoms with Crippen molar-refractivity contribution in [1.29, 1.82) is 0 Å². The molecule has 0 bridgehead atoms. The Balaban J connectivity index is 2.17. The van der Waals surface area contributed by atoms with Gasteiger partial charge in [-0.2, -0.15) is 5.10 Å². The molecular weight excluding hydrogens is 233 g/mol. The average Bonchev–Trinajstić information content (AvgIpc) is 2.68. The van der Waals surface area contributed by atoms with Gasteiger partial charge in [0.05, 0.1) is 22.7 Å². The smallest absolute Gasteiger partial charge is 0.143 e. The molecule has 0 saturated heterocycles. The molecule has 0 amide bonds. The van der Waals surface area contributed by atoms with E-state index in [1.807, 2.05) is 20.8 Å². The molecule has 2 rings (SSSR count). The quantitative estimate of drug-likeness (QED) is 0.669. The highest BCUT2D eigenvalue weighted by atomic mass is 19.1. The molecule has 1 aromatic heterocycles. The molecule has 0 saturated carbocycles. The summed E-state index contributed by atoms with van der Waals surface area (Å²) in [6.45, 7) is 5.57. The van der Waals surface area contributed by atoms with E-state index in [0.717, 1.165) is 28.4 Å².